The zero-order chi connectivity index (χ0) is 9.84. The minimum absolute atomic E-state index is 0.106. The van der Waals surface area contributed by atoms with Gasteiger partial charge in [0.15, 0.2) is 0 Å². The van der Waals surface area contributed by atoms with Crippen LogP contribution in [0.3, 0.4) is 0 Å². The standard InChI is InChI=1S/C10H10BrIO/c1-7(6-13)4-8-2-3-9(11)5-10(8)12/h2-3,5-7H,4H2,1H3. The lowest BCUT2D eigenvalue weighted by Crippen LogP contribution is -2.02. The Hall–Kier alpha value is 0.1000. The average Bonchev–Trinajstić information content (AvgIpc) is 2.09. The molecule has 1 atom stereocenters. The number of halogens is 2. The topological polar surface area (TPSA) is 17.1 Å². The molecule has 1 nitrogen and oxygen atoms in total. The monoisotopic (exact) mass is 352 g/mol. The second kappa shape index (κ2) is 5.10. The molecule has 0 amide bonds. The van der Waals surface area contributed by atoms with Crippen LogP contribution in [0.1, 0.15) is 12.5 Å². The average molecular weight is 353 g/mol. The molecule has 13 heavy (non-hydrogen) atoms. The maximum atomic E-state index is 10.5. The Morgan fingerprint density at radius 2 is 2.31 bits per heavy atom. The Labute approximate surface area is 100 Å². The van der Waals surface area contributed by atoms with E-state index in [1.807, 2.05) is 13.0 Å². The Kier molecular flexibility index (Phi) is 4.38. The van der Waals surface area contributed by atoms with Crippen molar-refractivity contribution in [2.75, 3.05) is 0 Å². The van der Waals surface area contributed by atoms with Gasteiger partial charge in [0.2, 0.25) is 0 Å². The van der Waals surface area contributed by atoms with Crippen molar-refractivity contribution < 1.29 is 4.79 Å². The van der Waals surface area contributed by atoms with Gasteiger partial charge in [-0.05, 0) is 46.7 Å². The van der Waals surface area contributed by atoms with Gasteiger partial charge < -0.3 is 4.79 Å². The second-order valence-corrected chi connectivity index (χ2v) is 5.13. The molecule has 0 bridgehead atoms. The van der Waals surface area contributed by atoms with E-state index in [9.17, 15) is 4.79 Å². The minimum Gasteiger partial charge on any atom is -0.303 e. The SMILES string of the molecule is CC(C=O)Cc1ccc(Br)cc1I. The van der Waals surface area contributed by atoms with Crippen LogP contribution in [-0.4, -0.2) is 6.29 Å². The molecule has 0 saturated heterocycles. The molecule has 1 aromatic rings. The summed E-state index contributed by atoms with van der Waals surface area (Å²) in [6.45, 7) is 1.94. The van der Waals surface area contributed by atoms with E-state index < -0.39 is 0 Å². The zero-order valence-electron chi connectivity index (χ0n) is 7.26. The van der Waals surface area contributed by atoms with Crippen LogP contribution >= 0.6 is 38.5 Å². The third kappa shape index (κ3) is 3.38. The predicted octanol–water partition coefficient (Wildman–Crippen LogP) is 3.43. The molecular weight excluding hydrogens is 343 g/mol. The Morgan fingerprint density at radius 3 is 2.85 bits per heavy atom. The molecule has 0 radical (unpaired) electrons. The Morgan fingerprint density at radius 1 is 1.62 bits per heavy atom. The van der Waals surface area contributed by atoms with Crippen molar-refractivity contribution >= 4 is 44.8 Å². The molecule has 0 saturated carbocycles. The van der Waals surface area contributed by atoms with Gasteiger partial charge in [-0.15, -0.1) is 0 Å². The van der Waals surface area contributed by atoms with Crippen LogP contribution in [0.25, 0.3) is 0 Å². The van der Waals surface area contributed by atoms with Crippen LogP contribution in [0.4, 0.5) is 0 Å². The molecule has 1 aromatic carbocycles. The first-order valence-electron chi connectivity index (χ1n) is 4.02. The fourth-order valence-electron chi connectivity index (χ4n) is 1.08. The summed E-state index contributed by atoms with van der Waals surface area (Å²) >= 11 is 5.69. The first kappa shape index (κ1) is 11.2. The molecular formula is C10H10BrIO. The fraction of sp³-hybridized carbons (Fsp3) is 0.300. The van der Waals surface area contributed by atoms with Gasteiger partial charge in [-0.2, -0.15) is 0 Å². The van der Waals surface area contributed by atoms with Crippen molar-refractivity contribution in [1.82, 2.24) is 0 Å². The summed E-state index contributed by atoms with van der Waals surface area (Å²) in [6.07, 6.45) is 1.83. The molecule has 0 aliphatic carbocycles. The zero-order valence-corrected chi connectivity index (χ0v) is 11.0. The van der Waals surface area contributed by atoms with Gasteiger partial charge in [-0.3, -0.25) is 0 Å². The van der Waals surface area contributed by atoms with Crippen LogP contribution in [-0.2, 0) is 11.2 Å². The fourth-order valence-corrected chi connectivity index (χ4v) is 2.61. The molecule has 0 N–H and O–H groups in total. The Bertz CT molecular complexity index is 312. The van der Waals surface area contributed by atoms with Crippen LogP contribution in [0.15, 0.2) is 22.7 Å². The molecule has 3 heteroatoms. The normalized spacial score (nSPS) is 12.5. The van der Waals surface area contributed by atoms with E-state index >= 15 is 0 Å². The molecule has 0 aromatic heterocycles. The molecule has 0 aliphatic heterocycles. The van der Waals surface area contributed by atoms with Crippen LogP contribution in [0.5, 0.6) is 0 Å². The van der Waals surface area contributed by atoms with E-state index in [0.717, 1.165) is 17.2 Å². The van der Waals surface area contributed by atoms with Crippen molar-refractivity contribution in [1.29, 1.82) is 0 Å². The smallest absolute Gasteiger partial charge is 0.123 e. The van der Waals surface area contributed by atoms with Gasteiger partial charge in [-0.1, -0.05) is 28.9 Å². The number of hydrogen-bond donors (Lipinski definition) is 0. The molecule has 0 fully saturated rings. The quantitative estimate of drug-likeness (QED) is 0.601. The summed E-state index contributed by atoms with van der Waals surface area (Å²) in [7, 11) is 0. The van der Waals surface area contributed by atoms with Gasteiger partial charge >= 0.3 is 0 Å². The van der Waals surface area contributed by atoms with E-state index in [0.29, 0.717) is 0 Å². The second-order valence-electron chi connectivity index (χ2n) is 3.05. The maximum absolute atomic E-state index is 10.5. The number of hydrogen-bond acceptors (Lipinski definition) is 1. The lowest BCUT2D eigenvalue weighted by atomic mass is 10.0. The number of rotatable bonds is 3. The molecule has 1 unspecified atom stereocenters. The molecule has 0 heterocycles. The van der Waals surface area contributed by atoms with Gasteiger partial charge in [-0.25, -0.2) is 0 Å². The first-order chi connectivity index (χ1) is 6.13. The van der Waals surface area contributed by atoms with Gasteiger partial charge in [0.25, 0.3) is 0 Å². The predicted molar refractivity (Wildman–Crippen MR) is 65.8 cm³/mol. The van der Waals surface area contributed by atoms with E-state index in [-0.39, 0.29) is 5.92 Å². The number of carbonyl (C=O) groups is 1. The third-order valence-electron chi connectivity index (χ3n) is 1.79. The van der Waals surface area contributed by atoms with E-state index in [4.69, 9.17) is 0 Å². The highest BCUT2D eigenvalue weighted by Gasteiger charge is 2.05. The molecule has 0 spiro atoms. The van der Waals surface area contributed by atoms with Gasteiger partial charge in [0, 0.05) is 14.0 Å². The first-order valence-corrected chi connectivity index (χ1v) is 5.90. The number of benzene rings is 1. The van der Waals surface area contributed by atoms with Crippen LogP contribution in [0.2, 0.25) is 0 Å². The highest BCUT2D eigenvalue weighted by molar-refractivity contribution is 14.1. The van der Waals surface area contributed by atoms with Crippen molar-refractivity contribution in [3.63, 3.8) is 0 Å². The summed E-state index contributed by atoms with van der Waals surface area (Å²) in [6, 6.07) is 6.13. The number of aldehydes is 1. The molecule has 1 rings (SSSR count). The van der Waals surface area contributed by atoms with E-state index in [2.05, 4.69) is 50.7 Å². The van der Waals surface area contributed by atoms with Gasteiger partial charge in [0.05, 0.1) is 0 Å². The maximum Gasteiger partial charge on any atom is 0.123 e. The lowest BCUT2D eigenvalue weighted by Gasteiger charge is -2.06. The molecule has 0 aliphatic rings. The van der Waals surface area contributed by atoms with Crippen molar-refractivity contribution in [2.24, 2.45) is 5.92 Å². The van der Waals surface area contributed by atoms with Crippen LogP contribution < -0.4 is 0 Å². The molecule has 70 valence electrons. The number of carbonyl (C=O) groups excluding carboxylic acids is 1. The summed E-state index contributed by atoms with van der Waals surface area (Å²) in [5.74, 6) is 0.106. The summed E-state index contributed by atoms with van der Waals surface area (Å²) in [5, 5.41) is 0. The van der Waals surface area contributed by atoms with Crippen molar-refractivity contribution in [3.8, 4) is 0 Å². The van der Waals surface area contributed by atoms with Crippen LogP contribution in [0, 0.1) is 9.49 Å². The summed E-state index contributed by atoms with van der Waals surface area (Å²) < 4.78 is 2.29. The van der Waals surface area contributed by atoms with Crippen molar-refractivity contribution in [3.05, 3.63) is 31.8 Å². The van der Waals surface area contributed by atoms with Gasteiger partial charge in [0.1, 0.15) is 6.29 Å². The van der Waals surface area contributed by atoms with E-state index in [1.165, 1.54) is 9.13 Å². The summed E-state index contributed by atoms with van der Waals surface area (Å²) in [5.41, 5.74) is 1.24. The summed E-state index contributed by atoms with van der Waals surface area (Å²) in [4.78, 5) is 10.5. The Balaban J connectivity index is 2.83. The third-order valence-corrected chi connectivity index (χ3v) is 3.29. The largest absolute Gasteiger partial charge is 0.303 e. The highest BCUT2D eigenvalue weighted by Crippen LogP contribution is 2.20. The van der Waals surface area contributed by atoms with E-state index in [1.54, 1.807) is 0 Å². The van der Waals surface area contributed by atoms with Crippen molar-refractivity contribution in [2.45, 2.75) is 13.3 Å². The minimum atomic E-state index is 0.106. The highest BCUT2D eigenvalue weighted by atomic mass is 127. The lowest BCUT2D eigenvalue weighted by molar-refractivity contribution is -0.110.